The monoisotopic (exact) mass is 284 g/mol. The van der Waals surface area contributed by atoms with Gasteiger partial charge in [-0.05, 0) is 37.1 Å². The van der Waals surface area contributed by atoms with Crippen LogP contribution in [0, 0.1) is 13.8 Å². The van der Waals surface area contributed by atoms with Crippen LogP contribution in [0.4, 0.5) is 11.4 Å². The molecule has 0 spiro atoms. The SMILES string of the molecule is CC(=O)N(S)c1cc(C)c(N(S)C(C)=O)cc1C. The summed E-state index contributed by atoms with van der Waals surface area (Å²) >= 11 is 8.28. The van der Waals surface area contributed by atoms with E-state index in [2.05, 4.69) is 25.6 Å². The number of hydrogen-bond donors (Lipinski definition) is 2. The summed E-state index contributed by atoms with van der Waals surface area (Å²) in [6.45, 7) is 6.59. The normalized spacial score (nSPS) is 10.1. The van der Waals surface area contributed by atoms with Crippen LogP contribution in [-0.2, 0) is 9.59 Å². The van der Waals surface area contributed by atoms with Gasteiger partial charge in [-0.1, -0.05) is 25.6 Å². The fraction of sp³-hybridized carbons (Fsp3) is 0.333. The molecule has 2 amide bonds. The predicted octanol–water partition coefficient (Wildman–Crippen LogP) is 2.70. The molecule has 0 unspecified atom stereocenters. The molecule has 0 aliphatic carbocycles. The van der Waals surface area contributed by atoms with Crippen molar-refractivity contribution in [2.45, 2.75) is 27.7 Å². The second-order valence-electron chi connectivity index (χ2n) is 4.09. The molecule has 0 aliphatic rings. The van der Waals surface area contributed by atoms with E-state index in [4.69, 9.17) is 0 Å². The molecular formula is C12H16N2O2S2. The highest BCUT2D eigenvalue weighted by atomic mass is 32.1. The van der Waals surface area contributed by atoms with Crippen LogP contribution in [0.5, 0.6) is 0 Å². The van der Waals surface area contributed by atoms with Crippen molar-refractivity contribution < 1.29 is 9.59 Å². The predicted molar refractivity (Wildman–Crippen MR) is 80.2 cm³/mol. The second kappa shape index (κ2) is 5.67. The van der Waals surface area contributed by atoms with Crippen molar-refractivity contribution in [2.75, 3.05) is 8.61 Å². The van der Waals surface area contributed by atoms with Gasteiger partial charge < -0.3 is 0 Å². The number of carbonyl (C=O) groups is 2. The number of nitrogens with zero attached hydrogens (tertiary/aromatic N) is 2. The molecule has 0 bridgehead atoms. The molecular weight excluding hydrogens is 268 g/mol. The third-order valence-corrected chi connectivity index (χ3v) is 3.56. The van der Waals surface area contributed by atoms with Crippen LogP contribution in [0.15, 0.2) is 12.1 Å². The lowest BCUT2D eigenvalue weighted by molar-refractivity contribution is -0.116. The highest BCUT2D eigenvalue weighted by Crippen LogP contribution is 2.31. The molecule has 0 saturated carbocycles. The van der Waals surface area contributed by atoms with E-state index in [9.17, 15) is 9.59 Å². The van der Waals surface area contributed by atoms with Crippen LogP contribution in [0.25, 0.3) is 0 Å². The number of carbonyl (C=O) groups excluding carboxylic acids is 2. The molecule has 1 aromatic rings. The van der Waals surface area contributed by atoms with Crippen molar-refractivity contribution in [1.82, 2.24) is 0 Å². The van der Waals surface area contributed by atoms with E-state index in [0.29, 0.717) is 11.4 Å². The van der Waals surface area contributed by atoms with Gasteiger partial charge in [0, 0.05) is 13.8 Å². The fourth-order valence-electron chi connectivity index (χ4n) is 1.58. The largest absolute Gasteiger partial charge is 0.274 e. The number of thiol groups is 2. The molecule has 0 atom stereocenters. The third kappa shape index (κ3) is 3.00. The van der Waals surface area contributed by atoms with Crippen molar-refractivity contribution >= 4 is 48.8 Å². The zero-order valence-electron chi connectivity index (χ0n) is 10.8. The van der Waals surface area contributed by atoms with Crippen molar-refractivity contribution in [3.8, 4) is 0 Å². The highest BCUT2D eigenvalue weighted by Gasteiger charge is 2.16. The van der Waals surface area contributed by atoms with Gasteiger partial charge in [-0.15, -0.1) is 0 Å². The zero-order valence-corrected chi connectivity index (χ0v) is 12.5. The Morgan fingerprint density at radius 2 is 1.17 bits per heavy atom. The first kappa shape index (κ1) is 14.9. The number of hydrogen-bond acceptors (Lipinski definition) is 4. The average Bonchev–Trinajstić information content (AvgIpc) is 2.29. The first-order valence-electron chi connectivity index (χ1n) is 5.36. The Balaban J connectivity index is 3.28. The number of rotatable bonds is 2. The number of aryl methyl sites for hydroxylation is 2. The van der Waals surface area contributed by atoms with E-state index < -0.39 is 0 Å². The third-order valence-electron chi connectivity index (χ3n) is 2.57. The zero-order chi connectivity index (χ0) is 14.0. The van der Waals surface area contributed by atoms with Crippen LogP contribution < -0.4 is 8.61 Å². The van der Waals surface area contributed by atoms with Crippen LogP contribution in [0.3, 0.4) is 0 Å². The first-order valence-corrected chi connectivity index (χ1v) is 6.16. The summed E-state index contributed by atoms with van der Waals surface area (Å²) in [6, 6.07) is 3.62. The van der Waals surface area contributed by atoms with Gasteiger partial charge in [0.15, 0.2) is 0 Å². The Kier molecular flexibility index (Phi) is 4.70. The maximum atomic E-state index is 11.3. The lowest BCUT2D eigenvalue weighted by Crippen LogP contribution is -2.20. The molecule has 0 fully saturated rings. The molecule has 0 aliphatic heterocycles. The van der Waals surface area contributed by atoms with Gasteiger partial charge in [-0.3, -0.25) is 18.2 Å². The molecule has 1 rings (SSSR count). The summed E-state index contributed by atoms with van der Waals surface area (Å²) in [5.74, 6) is -0.328. The first-order chi connectivity index (χ1) is 8.25. The lowest BCUT2D eigenvalue weighted by Gasteiger charge is -2.21. The minimum absolute atomic E-state index is 0.164. The van der Waals surface area contributed by atoms with Crippen molar-refractivity contribution in [2.24, 2.45) is 0 Å². The minimum atomic E-state index is -0.164. The topological polar surface area (TPSA) is 40.6 Å². The molecule has 18 heavy (non-hydrogen) atoms. The number of amides is 2. The van der Waals surface area contributed by atoms with Crippen LogP contribution in [0.2, 0.25) is 0 Å². The molecule has 0 radical (unpaired) electrons. The van der Waals surface area contributed by atoms with Gasteiger partial charge in [0.1, 0.15) is 0 Å². The van der Waals surface area contributed by atoms with Gasteiger partial charge in [-0.2, -0.15) is 0 Å². The molecule has 6 heteroatoms. The molecule has 0 heterocycles. The van der Waals surface area contributed by atoms with E-state index in [-0.39, 0.29) is 11.8 Å². The van der Waals surface area contributed by atoms with E-state index in [1.165, 1.54) is 22.5 Å². The fourth-order valence-corrected chi connectivity index (χ4v) is 2.01. The summed E-state index contributed by atoms with van der Waals surface area (Å²) in [4.78, 5) is 22.6. The Hall–Kier alpha value is -1.14. The quantitative estimate of drug-likeness (QED) is 0.820. The Morgan fingerprint density at radius 1 is 0.889 bits per heavy atom. The Bertz CT molecular complexity index is 457. The molecule has 0 N–H and O–H groups in total. The van der Waals surface area contributed by atoms with E-state index in [1.807, 2.05) is 26.0 Å². The molecule has 0 saturated heterocycles. The number of anilines is 2. The molecule has 98 valence electrons. The summed E-state index contributed by atoms with van der Waals surface area (Å²) in [6.07, 6.45) is 0. The van der Waals surface area contributed by atoms with Crippen LogP contribution >= 0.6 is 25.6 Å². The standard InChI is InChI=1S/C12H16N2O2S2/c1-7-5-12(14(18)10(4)16)8(2)6-11(7)13(17)9(3)15/h5-6,17-18H,1-4H3. The van der Waals surface area contributed by atoms with Crippen molar-refractivity contribution in [3.63, 3.8) is 0 Å². The maximum Gasteiger partial charge on any atom is 0.233 e. The second-order valence-corrected chi connectivity index (χ2v) is 4.89. The van der Waals surface area contributed by atoms with Crippen LogP contribution in [-0.4, -0.2) is 11.8 Å². The smallest absolute Gasteiger partial charge is 0.233 e. The van der Waals surface area contributed by atoms with Crippen molar-refractivity contribution in [3.05, 3.63) is 23.3 Å². The average molecular weight is 284 g/mol. The van der Waals surface area contributed by atoms with Gasteiger partial charge in [0.2, 0.25) is 11.8 Å². The van der Waals surface area contributed by atoms with Gasteiger partial charge >= 0.3 is 0 Å². The van der Waals surface area contributed by atoms with E-state index in [1.54, 1.807) is 0 Å². The Morgan fingerprint density at radius 3 is 1.39 bits per heavy atom. The van der Waals surface area contributed by atoms with Gasteiger partial charge in [0.25, 0.3) is 0 Å². The van der Waals surface area contributed by atoms with E-state index in [0.717, 1.165) is 11.1 Å². The lowest BCUT2D eigenvalue weighted by atomic mass is 10.1. The highest BCUT2D eigenvalue weighted by molar-refractivity contribution is 7.83. The molecule has 4 nitrogen and oxygen atoms in total. The maximum absolute atomic E-state index is 11.3. The summed E-state index contributed by atoms with van der Waals surface area (Å²) in [7, 11) is 0. The van der Waals surface area contributed by atoms with Gasteiger partial charge in [0.05, 0.1) is 11.4 Å². The minimum Gasteiger partial charge on any atom is -0.274 e. The molecule has 0 aromatic heterocycles. The summed E-state index contributed by atoms with van der Waals surface area (Å²) < 4.78 is 2.56. The van der Waals surface area contributed by atoms with E-state index >= 15 is 0 Å². The number of benzene rings is 1. The summed E-state index contributed by atoms with van der Waals surface area (Å²) in [5.41, 5.74) is 3.11. The summed E-state index contributed by atoms with van der Waals surface area (Å²) in [5, 5.41) is 0. The molecule has 1 aromatic carbocycles. The van der Waals surface area contributed by atoms with Crippen molar-refractivity contribution in [1.29, 1.82) is 0 Å². The Labute approximate surface area is 118 Å². The van der Waals surface area contributed by atoms with Crippen LogP contribution in [0.1, 0.15) is 25.0 Å². The van der Waals surface area contributed by atoms with Gasteiger partial charge in [-0.25, -0.2) is 0 Å².